The van der Waals surface area contributed by atoms with Gasteiger partial charge in [0.1, 0.15) is 24.2 Å². The maximum Gasteiger partial charge on any atom is 0.301 e. The Balaban J connectivity index is 1.27. The van der Waals surface area contributed by atoms with Gasteiger partial charge in [0.05, 0.1) is 18.2 Å². The molecule has 7 rings (SSSR count). The molecule has 5 aromatic rings. The third-order valence-electron chi connectivity index (χ3n) is 8.40. The smallest absolute Gasteiger partial charge is 0.301 e. The van der Waals surface area contributed by atoms with Crippen LogP contribution in [0.2, 0.25) is 10.0 Å². The van der Waals surface area contributed by atoms with Gasteiger partial charge in [0.2, 0.25) is 5.13 Å². The van der Waals surface area contributed by atoms with E-state index >= 15 is 0 Å². The number of aromatic nitrogens is 2. The summed E-state index contributed by atoms with van der Waals surface area (Å²) in [6.45, 7) is 4.48. The molecule has 0 spiro atoms. The highest BCUT2D eigenvalue weighted by atomic mass is 35.5. The van der Waals surface area contributed by atoms with Crippen LogP contribution in [0.5, 0.6) is 17.2 Å². The molecule has 1 amide bonds. The summed E-state index contributed by atoms with van der Waals surface area (Å²) in [4.78, 5) is 29.1. The Hall–Kier alpha value is -4.55. The lowest BCUT2D eigenvalue weighted by Gasteiger charge is -2.24. The average Bonchev–Trinajstić information content (AvgIpc) is 3.82. The highest BCUT2D eigenvalue weighted by molar-refractivity contribution is 8.00. The second-order valence-electron chi connectivity index (χ2n) is 11.9. The Bertz CT molecular complexity index is 2160. The SMILES string of the molecule is CCOc1cc(C2/C(=C(/O)c3ccc4c(c3)CC(C)O4)C(=O)C(=O)N2c2nnc(SCc3ccc(Cl)cc3Cl)s2)ccc1OCc1ccccc1. The first-order valence-electron chi connectivity index (χ1n) is 16.1. The minimum Gasteiger partial charge on any atom is -0.507 e. The molecule has 2 aliphatic heterocycles. The van der Waals surface area contributed by atoms with Gasteiger partial charge in [-0.2, -0.15) is 0 Å². The molecule has 3 heterocycles. The number of hydrogen-bond acceptors (Lipinski definition) is 10. The molecule has 0 saturated carbocycles. The van der Waals surface area contributed by atoms with Crippen LogP contribution in [0.25, 0.3) is 5.76 Å². The van der Waals surface area contributed by atoms with Gasteiger partial charge in [0, 0.05) is 27.8 Å². The summed E-state index contributed by atoms with van der Waals surface area (Å²) in [5.74, 6) is 0.135. The topological polar surface area (TPSA) is 111 Å². The Kier molecular flexibility index (Phi) is 10.2. The molecule has 13 heteroatoms. The second kappa shape index (κ2) is 15.0. The van der Waals surface area contributed by atoms with Gasteiger partial charge in [-0.25, -0.2) is 0 Å². The highest BCUT2D eigenvalue weighted by Gasteiger charge is 2.48. The molecule has 1 aromatic heterocycles. The summed E-state index contributed by atoms with van der Waals surface area (Å²) >= 11 is 15.0. The number of halogens is 2. The summed E-state index contributed by atoms with van der Waals surface area (Å²) < 4.78 is 18.5. The van der Waals surface area contributed by atoms with Crippen molar-refractivity contribution < 1.29 is 28.9 Å². The number of ketones is 1. The van der Waals surface area contributed by atoms with Crippen molar-refractivity contribution in [1.82, 2.24) is 10.2 Å². The van der Waals surface area contributed by atoms with Gasteiger partial charge in [-0.05, 0) is 78.6 Å². The van der Waals surface area contributed by atoms with Crippen LogP contribution in [0.1, 0.15) is 47.7 Å². The average molecular weight is 761 g/mol. The van der Waals surface area contributed by atoms with E-state index in [0.717, 1.165) is 33.8 Å². The van der Waals surface area contributed by atoms with Crippen molar-refractivity contribution in [1.29, 1.82) is 0 Å². The first-order valence-corrected chi connectivity index (χ1v) is 18.7. The number of aliphatic hydroxyl groups is 1. The van der Waals surface area contributed by atoms with Crippen molar-refractivity contribution in [2.45, 2.75) is 49.1 Å². The van der Waals surface area contributed by atoms with E-state index in [0.29, 0.717) is 62.4 Å². The van der Waals surface area contributed by atoms with Gasteiger partial charge >= 0.3 is 5.91 Å². The number of anilines is 1. The molecule has 0 aliphatic carbocycles. The minimum absolute atomic E-state index is 0.0113. The zero-order valence-corrected chi connectivity index (χ0v) is 30.6. The molecule has 2 atom stereocenters. The fourth-order valence-corrected chi connectivity index (χ4v) is 8.45. The maximum atomic E-state index is 13.9. The van der Waals surface area contributed by atoms with E-state index in [1.54, 1.807) is 48.5 Å². The lowest BCUT2D eigenvalue weighted by atomic mass is 9.94. The molecule has 0 radical (unpaired) electrons. The van der Waals surface area contributed by atoms with Crippen molar-refractivity contribution in [2.24, 2.45) is 0 Å². The van der Waals surface area contributed by atoms with E-state index < -0.39 is 17.7 Å². The fourth-order valence-electron chi connectivity index (χ4n) is 6.02. The minimum atomic E-state index is -1.05. The molecule has 2 unspecified atom stereocenters. The van der Waals surface area contributed by atoms with Gasteiger partial charge in [0.15, 0.2) is 15.8 Å². The molecule has 0 bridgehead atoms. The van der Waals surface area contributed by atoms with Gasteiger partial charge in [-0.15, -0.1) is 10.2 Å². The van der Waals surface area contributed by atoms with E-state index in [1.165, 1.54) is 16.7 Å². The van der Waals surface area contributed by atoms with Crippen LogP contribution in [-0.2, 0) is 28.4 Å². The van der Waals surface area contributed by atoms with E-state index in [4.69, 9.17) is 37.4 Å². The number of fused-ring (bicyclic) bond motifs is 1. The lowest BCUT2D eigenvalue weighted by molar-refractivity contribution is -0.132. The second-order valence-corrected chi connectivity index (χ2v) is 14.9. The number of ether oxygens (including phenoxy) is 3. The number of aliphatic hydroxyl groups excluding tert-OH is 1. The van der Waals surface area contributed by atoms with E-state index in [-0.39, 0.29) is 22.6 Å². The molecule has 9 nitrogen and oxygen atoms in total. The number of benzene rings is 4. The number of carbonyl (C=O) groups excluding carboxylic acids is 2. The monoisotopic (exact) mass is 759 g/mol. The van der Waals surface area contributed by atoms with Gasteiger partial charge < -0.3 is 19.3 Å². The number of thioether (sulfide) groups is 1. The van der Waals surface area contributed by atoms with E-state index in [9.17, 15) is 14.7 Å². The van der Waals surface area contributed by atoms with Crippen LogP contribution in [0, 0.1) is 0 Å². The zero-order chi connectivity index (χ0) is 35.6. The van der Waals surface area contributed by atoms with Gasteiger partial charge in [-0.1, -0.05) is 88.8 Å². The van der Waals surface area contributed by atoms with Crippen molar-refractivity contribution in [3.8, 4) is 17.2 Å². The summed E-state index contributed by atoms with van der Waals surface area (Å²) in [6.07, 6.45) is 0.644. The molecule has 51 heavy (non-hydrogen) atoms. The lowest BCUT2D eigenvalue weighted by Crippen LogP contribution is -2.29. The molecule has 1 N–H and O–H groups in total. The van der Waals surface area contributed by atoms with E-state index in [1.807, 2.05) is 50.2 Å². The number of nitrogens with zero attached hydrogens (tertiary/aromatic N) is 3. The molecule has 4 aromatic carbocycles. The summed E-state index contributed by atoms with van der Waals surface area (Å²) in [7, 11) is 0. The van der Waals surface area contributed by atoms with Crippen molar-refractivity contribution in [3.05, 3.63) is 128 Å². The molecular weight excluding hydrogens is 729 g/mol. The van der Waals surface area contributed by atoms with Crippen LogP contribution in [-0.4, -0.2) is 39.7 Å². The normalized spacial score (nSPS) is 17.8. The Morgan fingerprint density at radius 2 is 1.82 bits per heavy atom. The van der Waals surface area contributed by atoms with Crippen molar-refractivity contribution >= 4 is 68.9 Å². The van der Waals surface area contributed by atoms with Crippen LogP contribution in [0.15, 0.2) is 94.8 Å². The van der Waals surface area contributed by atoms with Gasteiger partial charge in [0.25, 0.3) is 5.78 Å². The predicted octanol–water partition coefficient (Wildman–Crippen LogP) is 9.06. The zero-order valence-electron chi connectivity index (χ0n) is 27.5. The quantitative estimate of drug-likeness (QED) is 0.0464. The Labute approximate surface area is 312 Å². The highest BCUT2D eigenvalue weighted by Crippen LogP contribution is 2.46. The van der Waals surface area contributed by atoms with Crippen molar-refractivity contribution in [2.75, 3.05) is 11.5 Å². The third kappa shape index (κ3) is 7.30. The number of hydrogen-bond donors (Lipinski definition) is 1. The number of Topliss-reactive ketones (excluding diaryl/α,β-unsaturated/α-hetero) is 1. The molecule has 1 saturated heterocycles. The summed E-state index contributed by atoms with van der Waals surface area (Å²) in [6, 6.07) is 24.5. The molecular formula is C38H31Cl2N3O6S2. The summed E-state index contributed by atoms with van der Waals surface area (Å²) in [5.41, 5.74) is 3.58. The van der Waals surface area contributed by atoms with Crippen LogP contribution in [0.4, 0.5) is 5.13 Å². The summed E-state index contributed by atoms with van der Waals surface area (Å²) in [5, 5.41) is 21.7. The largest absolute Gasteiger partial charge is 0.507 e. The number of rotatable bonds is 11. The Morgan fingerprint density at radius 3 is 2.61 bits per heavy atom. The third-order valence-corrected chi connectivity index (χ3v) is 11.1. The standard InChI is InChI=1S/C38H31Cl2N3O6S2/c1-3-47-31-17-23(10-14-30(31)48-19-22-7-5-4-6-8-22)33-32(34(44)24-11-13-29-26(16-24)15-21(2)49-29)35(45)36(46)43(33)37-41-42-38(51-37)50-20-25-9-12-27(39)18-28(25)40/h4-14,16-18,21,33,44H,3,15,19-20H2,1-2H3/b34-32-. The van der Waals surface area contributed by atoms with Crippen LogP contribution in [0.3, 0.4) is 0 Å². The van der Waals surface area contributed by atoms with Crippen LogP contribution < -0.4 is 19.1 Å². The van der Waals surface area contributed by atoms with Crippen LogP contribution >= 0.6 is 46.3 Å². The Morgan fingerprint density at radius 1 is 1.00 bits per heavy atom. The number of carbonyl (C=O) groups is 2. The maximum absolute atomic E-state index is 13.9. The first kappa shape index (κ1) is 34.9. The molecule has 1 fully saturated rings. The van der Waals surface area contributed by atoms with E-state index in [2.05, 4.69) is 10.2 Å². The number of amides is 1. The first-order chi connectivity index (χ1) is 24.7. The van der Waals surface area contributed by atoms with Crippen molar-refractivity contribution in [3.63, 3.8) is 0 Å². The fraction of sp³-hybridized carbons (Fsp3) is 0.211. The van der Waals surface area contributed by atoms with Gasteiger partial charge in [-0.3, -0.25) is 14.5 Å². The predicted molar refractivity (Wildman–Crippen MR) is 199 cm³/mol. The molecule has 2 aliphatic rings. The molecule has 260 valence electrons.